The number of fused-ring (bicyclic) bond motifs is 4. The number of phenolic OH excluding ortho intramolecular Hbond substituents is 1. The number of nitrogens with one attached hydrogen (secondary N) is 2. The standard InChI is InChI=1S/C50H33Cl2N3O12/c1-23-6-10-29-37(17-23)66-38-19-25(55(2)3)8-12-30(38)42(29)43-35(51)21-33(45(52)44(43)50(64)65)47(59)53-16-4-5-40(58)54-22-34-36(57)15-14-31-41(28-13-9-26(56)20-39(28)67-46(31)34)27-11-7-24(48(60)61)18-32(27)49(62)63/h6-15,17-21,57H,1,16,22H2,2-3H3,(H,53,59)(H,54,58)(H,60,61)(H,62,63)(H,64,65). The molecule has 5 aromatic rings. The van der Waals surface area contributed by atoms with Crippen LogP contribution < -0.4 is 36.1 Å². The molecule has 5 aromatic carbocycles. The van der Waals surface area contributed by atoms with Crippen LogP contribution in [0.3, 0.4) is 0 Å². The summed E-state index contributed by atoms with van der Waals surface area (Å²) in [5, 5.41) is 47.1. The minimum absolute atomic E-state index is 0.0124. The van der Waals surface area contributed by atoms with Crippen molar-refractivity contribution in [2.75, 3.05) is 25.5 Å². The molecule has 334 valence electrons. The number of amides is 2. The maximum absolute atomic E-state index is 13.5. The molecule has 0 saturated heterocycles. The third kappa shape index (κ3) is 8.46. The summed E-state index contributed by atoms with van der Waals surface area (Å²) in [6.07, 6.45) is 0. The number of aromatic carboxylic acids is 3. The van der Waals surface area contributed by atoms with Crippen LogP contribution in [0.1, 0.15) is 58.1 Å². The van der Waals surface area contributed by atoms with Gasteiger partial charge in [-0.15, -0.1) is 0 Å². The molecule has 0 fully saturated rings. The van der Waals surface area contributed by atoms with Gasteiger partial charge in [-0.05, 0) is 77.4 Å². The van der Waals surface area contributed by atoms with Crippen LogP contribution in [0.4, 0.5) is 5.69 Å². The van der Waals surface area contributed by atoms with Crippen LogP contribution in [-0.4, -0.2) is 70.8 Å². The predicted molar refractivity (Wildman–Crippen MR) is 249 cm³/mol. The van der Waals surface area contributed by atoms with Crippen molar-refractivity contribution < 1.29 is 53.6 Å². The van der Waals surface area contributed by atoms with Gasteiger partial charge in [0.15, 0.2) is 5.43 Å². The van der Waals surface area contributed by atoms with E-state index in [-0.39, 0.29) is 73.0 Å². The molecule has 1 aliphatic carbocycles. The van der Waals surface area contributed by atoms with Gasteiger partial charge < -0.3 is 45.1 Å². The van der Waals surface area contributed by atoms with E-state index in [0.717, 1.165) is 17.8 Å². The SMILES string of the molecule is C=c1ccc2c(c1)Oc1cc(N(C)C)ccc1C=2c1c(Cl)cc(C(=O)NCC#CC(=O)NCc2c(O)ccc3c(-c4ccc(C(=O)O)cc4C(=O)O)c4ccc(=O)cc-4oc23)c(Cl)c1C(=O)O. The summed E-state index contributed by atoms with van der Waals surface area (Å²) in [5.41, 5.74) is 0.681. The Labute approximate surface area is 388 Å². The Morgan fingerprint density at radius 3 is 2.22 bits per heavy atom. The van der Waals surface area contributed by atoms with Crippen LogP contribution in [0.25, 0.3) is 45.6 Å². The van der Waals surface area contributed by atoms with E-state index in [1.807, 2.05) is 25.1 Å². The second kappa shape index (κ2) is 17.8. The van der Waals surface area contributed by atoms with E-state index < -0.39 is 52.3 Å². The van der Waals surface area contributed by atoms with Crippen molar-refractivity contribution in [1.29, 1.82) is 0 Å². The number of carbonyl (C=O) groups is 5. The molecule has 0 atom stereocenters. The third-order valence-electron chi connectivity index (χ3n) is 10.9. The van der Waals surface area contributed by atoms with Crippen LogP contribution in [-0.2, 0) is 11.3 Å². The molecule has 0 bridgehead atoms. The molecule has 67 heavy (non-hydrogen) atoms. The smallest absolute Gasteiger partial charge is 0.337 e. The van der Waals surface area contributed by atoms with Crippen LogP contribution in [0.15, 0.2) is 100 Å². The molecule has 15 nitrogen and oxygen atoms in total. The van der Waals surface area contributed by atoms with Gasteiger partial charge in [-0.25, -0.2) is 14.4 Å². The molecule has 0 unspecified atom stereocenters. The Morgan fingerprint density at radius 2 is 1.51 bits per heavy atom. The molecule has 2 aliphatic heterocycles. The summed E-state index contributed by atoms with van der Waals surface area (Å²) >= 11 is 13.6. The van der Waals surface area contributed by atoms with Crippen LogP contribution >= 0.6 is 23.2 Å². The van der Waals surface area contributed by atoms with Gasteiger partial charge in [-0.1, -0.05) is 53.9 Å². The summed E-state index contributed by atoms with van der Waals surface area (Å²) in [7, 11) is 3.72. The van der Waals surface area contributed by atoms with Crippen LogP contribution in [0, 0.1) is 11.8 Å². The van der Waals surface area contributed by atoms with E-state index >= 15 is 0 Å². The molecule has 0 aromatic heterocycles. The first-order chi connectivity index (χ1) is 31.9. The molecule has 0 saturated carbocycles. The normalized spacial score (nSPS) is 11.4. The summed E-state index contributed by atoms with van der Waals surface area (Å²) in [4.78, 5) is 77.9. The van der Waals surface area contributed by atoms with Crippen molar-refractivity contribution in [3.63, 3.8) is 0 Å². The molecule has 3 aliphatic rings. The van der Waals surface area contributed by atoms with Crippen molar-refractivity contribution in [2.45, 2.75) is 6.54 Å². The number of carboxylic acids is 3. The van der Waals surface area contributed by atoms with E-state index in [1.165, 1.54) is 42.5 Å². The quantitative estimate of drug-likeness (QED) is 0.0632. The number of halogens is 2. The average Bonchev–Trinajstić information content (AvgIpc) is 3.28. The highest BCUT2D eigenvalue weighted by molar-refractivity contribution is 6.40. The fraction of sp³-hybridized carbons (Fsp3) is 0.0800. The number of benzene rings is 6. The topological polar surface area (TPSA) is 233 Å². The minimum atomic E-state index is -1.46. The lowest BCUT2D eigenvalue weighted by Gasteiger charge is -2.25. The van der Waals surface area contributed by atoms with E-state index in [1.54, 1.807) is 30.3 Å². The van der Waals surface area contributed by atoms with Crippen molar-refractivity contribution in [1.82, 2.24) is 10.6 Å². The van der Waals surface area contributed by atoms with E-state index in [9.17, 15) is 49.2 Å². The molecule has 0 radical (unpaired) electrons. The van der Waals surface area contributed by atoms with Gasteiger partial charge >= 0.3 is 17.9 Å². The lowest BCUT2D eigenvalue weighted by molar-refractivity contribution is -0.115. The molecule has 8 rings (SSSR count). The second-order valence-electron chi connectivity index (χ2n) is 15.3. The van der Waals surface area contributed by atoms with E-state index in [0.29, 0.717) is 38.6 Å². The lowest BCUT2D eigenvalue weighted by atomic mass is 9.88. The number of aromatic hydroxyl groups is 1. The van der Waals surface area contributed by atoms with Crippen LogP contribution in [0.5, 0.6) is 17.2 Å². The maximum atomic E-state index is 13.5. The number of hydrogen-bond acceptors (Lipinski definition) is 10. The largest absolute Gasteiger partial charge is 0.507 e. The van der Waals surface area contributed by atoms with Gasteiger partial charge in [0.25, 0.3) is 11.8 Å². The molecule has 2 heterocycles. The first-order valence-corrected chi connectivity index (χ1v) is 20.6. The van der Waals surface area contributed by atoms with Gasteiger partial charge in [0.1, 0.15) is 28.6 Å². The monoisotopic (exact) mass is 937 g/mol. The highest BCUT2D eigenvalue weighted by Gasteiger charge is 2.31. The van der Waals surface area contributed by atoms with Crippen molar-refractivity contribution >= 4 is 81.7 Å². The Hall–Kier alpha value is -8.58. The van der Waals surface area contributed by atoms with Gasteiger partial charge in [0.05, 0.1) is 51.0 Å². The van der Waals surface area contributed by atoms with Gasteiger partial charge in [-0.3, -0.25) is 14.4 Å². The lowest BCUT2D eigenvalue weighted by Crippen LogP contribution is -2.26. The van der Waals surface area contributed by atoms with Crippen molar-refractivity contribution in [3.05, 3.63) is 161 Å². The summed E-state index contributed by atoms with van der Waals surface area (Å²) in [5.74, 6) is -0.601. The maximum Gasteiger partial charge on any atom is 0.337 e. The molecular weight excluding hydrogens is 905 g/mol. The van der Waals surface area contributed by atoms with Gasteiger partial charge in [0, 0.05) is 70.3 Å². The van der Waals surface area contributed by atoms with Crippen molar-refractivity contribution in [2.24, 2.45) is 0 Å². The fourth-order valence-electron chi connectivity index (χ4n) is 7.78. The van der Waals surface area contributed by atoms with Gasteiger partial charge in [-0.2, -0.15) is 0 Å². The number of phenols is 1. The number of carboxylic acid groups (broad SMARTS) is 3. The molecular formula is C50H33Cl2N3O12. The summed E-state index contributed by atoms with van der Waals surface area (Å²) < 4.78 is 12.3. The molecule has 0 spiro atoms. The number of carbonyl (C=O) groups excluding carboxylic acids is 2. The van der Waals surface area contributed by atoms with Crippen molar-refractivity contribution in [3.8, 4) is 51.5 Å². The highest BCUT2D eigenvalue weighted by atomic mass is 35.5. The predicted octanol–water partition coefficient (Wildman–Crippen LogP) is 6.55. The zero-order chi connectivity index (χ0) is 48.0. The zero-order valence-electron chi connectivity index (χ0n) is 35.0. The van der Waals surface area contributed by atoms with Gasteiger partial charge in [0.2, 0.25) is 0 Å². The van der Waals surface area contributed by atoms with E-state index in [4.69, 9.17) is 32.4 Å². The Morgan fingerprint density at radius 1 is 0.761 bits per heavy atom. The third-order valence-corrected chi connectivity index (χ3v) is 11.6. The van der Waals surface area contributed by atoms with E-state index in [2.05, 4.69) is 29.1 Å². The Kier molecular flexibility index (Phi) is 11.9. The fourth-order valence-corrected chi connectivity index (χ4v) is 8.39. The number of hydrogen-bond donors (Lipinski definition) is 6. The first kappa shape index (κ1) is 45.0. The second-order valence-corrected chi connectivity index (χ2v) is 16.1. The number of anilines is 1. The summed E-state index contributed by atoms with van der Waals surface area (Å²) in [6, 6.07) is 22.0. The molecule has 2 amide bonds. The van der Waals surface area contributed by atoms with Crippen LogP contribution in [0.2, 0.25) is 10.0 Å². The zero-order valence-corrected chi connectivity index (χ0v) is 36.6. The molecule has 17 heteroatoms. The molecule has 6 N–H and O–H groups in total. The summed E-state index contributed by atoms with van der Waals surface area (Å²) in [6.45, 7) is 3.19. The highest BCUT2D eigenvalue weighted by Crippen LogP contribution is 2.45. The Balaban J connectivity index is 1.06. The first-order valence-electron chi connectivity index (χ1n) is 19.9. The minimum Gasteiger partial charge on any atom is -0.507 e. The number of nitrogens with zero attached hydrogens (tertiary/aromatic N) is 1. The Bertz CT molecular complexity index is 3550. The average molecular weight is 939 g/mol. The number of ether oxygens (including phenoxy) is 1. The number of rotatable bonds is 10.